The number of likely N-dealkylation sites (tertiary alicyclic amines) is 1. The highest BCUT2D eigenvalue weighted by molar-refractivity contribution is 5.95. The number of rotatable bonds is 6. The highest BCUT2D eigenvalue weighted by atomic mass is 19.3. The number of hydrogen-bond donors (Lipinski definition) is 1. The summed E-state index contributed by atoms with van der Waals surface area (Å²) in [6.45, 7) is 8.42. The fraction of sp³-hybridized carbons (Fsp3) is 0.531. The summed E-state index contributed by atoms with van der Waals surface area (Å²) in [6.07, 6.45) is 2.13. The quantitative estimate of drug-likeness (QED) is 0.313. The fourth-order valence-corrected chi connectivity index (χ4v) is 6.77. The Hall–Kier alpha value is -3.73. The predicted molar refractivity (Wildman–Crippen MR) is 159 cm³/mol. The van der Waals surface area contributed by atoms with Crippen molar-refractivity contribution in [1.82, 2.24) is 14.5 Å². The normalized spacial score (nSPS) is 19.6. The lowest BCUT2D eigenvalue weighted by Gasteiger charge is -2.54. The van der Waals surface area contributed by atoms with Crippen molar-refractivity contribution < 1.29 is 32.6 Å². The molecule has 3 aromatic rings. The van der Waals surface area contributed by atoms with Crippen molar-refractivity contribution in [3.63, 3.8) is 0 Å². The average molecular weight is 599 g/mol. The zero-order valence-corrected chi connectivity index (χ0v) is 25.8. The van der Waals surface area contributed by atoms with Crippen LogP contribution in [-0.2, 0) is 16.0 Å². The van der Waals surface area contributed by atoms with E-state index in [0.29, 0.717) is 37.5 Å². The van der Waals surface area contributed by atoms with Gasteiger partial charge in [-0.1, -0.05) is 6.07 Å². The van der Waals surface area contributed by atoms with Crippen LogP contribution in [0.15, 0.2) is 30.5 Å². The van der Waals surface area contributed by atoms with Crippen LogP contribution in [-0.4, -0.2) is 65.8 Å². The van der Waals surface area contributed by atoms with Crippen LogP contribution in [0.3, 0.4) is 0 Å². The zero-order valence-electron chi connectivity index (χ0n) is 25.8. The molecule has 1 aliphatic heterocycles. The second-order valence-corrected chi connectivity index (χ2v) is 12.8. The Morgan fingerprint density at radius 1 is 1.16 bits per heavy atom. The first-order valence-electron chi connectivity index (χ1n) is 14.5. The molecule has 1 aromatic carbocycles. The van der Waals surface area contributed by atoms with Gasteiger partial charge in [-0.2, -0.15) is 0 Å². The number of aromatic nitrogens is 2. The summed E-state index contributed by atoms with van der Waals surface area (Å²) in [5, 5.41) is 3.95. The monoisotopic (exact) mass is 598 g/mol. The van der Waals surface area contributed by atoms with E-state index in [1.165, 1.54) is 11.7 Å². The number of pyridine rings is 1. The molecule has 3 heterocycles. The van der Waals surface area contributed by atoms with E-state index in [9.17, 15) is 18.4 Å². The number of halogens is 2. The lowest BCUT2D eigenvalue weighted by Crippen LogP contribution is -2.53. The highest BCUT2D eigenvalue weighted by Crippen LogP contribution is 2.61. The van der Waals surface area contributed by atoms with Crippen molar-refractivity contribution in [3.8, 4) is 5.75 Å². The van der Waals surface area contributed by atoms with E-state index in [4.69, 9.17) is 14.2 Å². The van der Waals surface area contributed by atoms with E-state index < -0.39 is 29.0 Å². The van der Waals surface area contributed by atoms with Gasteiger partial charge in [-0.05, 0) is 76.3 Å². The van der Waals surface area contributed by atoms with Gasteiger partial charge in [0.25, 0.3) is 0 Å². The number of anilines is 1. The van der Waals surface area contributed by atoms with Gasteiger partial charge in [0.2, 0.25) is 5.92 Å². The van der Waals surface area contributed by atoms with Gasteiger partial charge in [-0.15, -0.1) is 0 Å². The number of alkyl halides is 2. The minimum atomic E-state index is -2.65. The number of aryl methyl sites for hydroxylation is 1. The molecule has 5 rings (SSSR count). The van der Waals surface area contributed by atoms with Crippen LogP contribution in [0.5, 0.6) is 5.75 Å². The Kier molecular flexibility index (Phi) is 7.91. The van der Waals surface area contributed by atoms with Gasteiger partial charge in [0, 0.05) is 55.2 Å². The van der Waals surface area contributed by atoms with E-state index in [1.54, 1.807) is 26.4 Å². The average Bonchev–Trinajstić information content (AvgIpc) is 3.39. The number of carbonyl (C=O) groups excluding carboxylic acids is 2. The van der Waals surface area contributed by atoms with E-state index in [1.807, 2.05) is 45.9 Å². The molecular weight excluding hydrogens is 558 g/mol. The minimum Gasteiger partial charge on any atom is -0.496 e. The third-order valence-corrected chi connectivity index (χ3v) is 8.58. The highest BCUT2D eigenvalue weighted by Gasteiger charge is 2.58. The summed E-state index contributed by atoms with van der Waals surface area (Å²) >= 11 is 0. The summed E-state index contributed by atoms with van der Waals surface area (Å²) in [4.78, 5) is 32.1. The fourth-order valence-electron chi connectivity index (χ4n) is 6.77. The first kappa shape index (κ1) is 30.7. The van der Waals surface area contributed by atoms with Crippen molar-refractivity contribution in [1.29, 1.82) is 0 Å². The molecule has 1 atom stereocenters. The summed E-state index contributed by atoms with van der Waals surface area (Å²) in [7, 11) is 4.63. The Balaban J connectivity index is 1.57. The molecule has 2 aromatic heterocycles. The summed E-state index contributed by atoms with van der Waals surface area (Å²) in [5.74, 6) is -2.03. The molecule has 232 valence electrons. The van der Waals surface area contributed by atoms with Gasteiger partial charge in [0.1, 0.15) is 17.2 Å². The number of esters is 1. The van der Waals surface area contributed by atoms with Crippen LogP contribution in [0.2, 0.25) is 0 Å². The molecule has 2 aliphatic rings. The van der Waals surface area contributed by atoms with Gasteiger partial charge >= 0.3 is 12.1 Å². The molecule has 2 fully saturated rings. The smallest absolute Gasteiger partial charge is 0.419 e. The molecule has 1 N–H and O–H groups in total. The van der Waals surface area contributed by atoms with E-state index >= 15 is 0 Å². The molecule has 1 spiro atoms. The largest absolute Gasteiger partial charge is 0.496 e. The number of carbonyl (C=O) groups is 2. The number of fused-ring (bicyclic) bond motifs is 1. The first-order valence-corrected chi connectivity index (χ1v) is 14.5. The maximum absolute atomic E-state index is 14.2. The third-order valence-electron chi connectivity index (χ3n) is 8.58. The van der Waals surface area contributed by atoms with Crippen molar-refractivity contribution in [2.75, 3.05) is 33.1 Å². The maximum atomic E-state index is 14.2. The number of benzene rings is 1. The van der Waals surface area contributed by atoms with Gasteiger partial charge < -0.3 is 19.5 Å². The number of nitrogens with one attached hydrogen (secondary N) is 1. The zero-order chi connectivity index (χ0) is 31.3. The maximum Gasteiger partial charge on any atom is 0.419 e. The van der Waals surface area contributed by atoms with Crippen molar-refractivity contribution >= 4 is 28.8 Å². The van der Waals surface area contributed by atoms with Gasteiger partial charge in [0.15, 0.2) is 5.69 Å². The molecule has 1 saturated carbocycles. The van der Waals surface area contributed by atoms with Crippen LogP contribution in [0.1, 0.15) is 79.7 Å². The number of nitrogens with zero attached hydrogens (tertiary/aromatic N) is 3. The number of methoxy groups -OCH3 is 2. The molecule has 0 amide bonds. The molecule has 11 heteroatoms. The SMILES string of the molecule is CNc1nc(C(=O)OC)ccc1C1CC2(CCN1Cc1c(OC)cc(C)c3c1ccn3C(=O)OC(C)(C)C)CC(F)(F)C2. The summed E-state index contributed by atoms with van der Waals surface area (Å²) in [5.41, 5.74) is 2.32. The Morgan fingerprint density at radius 2 is 1.88 bits per heavy atom. The van der Waals surface area contributed by atoms with Crippen molar-refractivity contribution in [2.24, 2.45) is 5.41 Å². The lowest BCUT2D eigenvalue weighted by molar-refractivity contribution is -0.186. The standard InChI is InChI=1S/C32H40F2N4O5/c1-19-14-25(41-6)22(20-10-12-38(26(19)20)29(40)43-30(2,3)4)16-37-13-11-31(17-32(33,34)18-31)15-24(37)21-8-9-23(28(39)42-7)36-27(21)35-5/h8-10,12,14,24H,11,13,15-18H2,1-7H3,(H,35,36). The topological polar surface area (TPSA) is 94.9 Å². The second kappa shape index (κ2) is 11.1. The summed E-state index contributed by atoms with van der Waals surface area (Å²) < 4.78 is 46.3. The van der Waals surface area contributed by atoms with E-state index in [-0.39, 0.29) is 24.6 Å². The van der Waals surface area contributed by atoms with Crippen molar-refractivity contribution in [3.05, 3.63) is 52.8 Å². The molecule has 0 bridgehead atoms. The number of piperidine rings is 1. The van der Waals surface area contributed by atoms with E-state index in [2.05, 4.69) is 15.2 Å². The molecular formula is C32H40F2N4O5. The predicted octanol–water partition coefficient (Wildman–Crippen LogP) is 6.72. The lowest BCUT2D eigenvalue weighted by atomic mass is 9.59. The van der Waals surface area contributed by atoms with Crippen LogP contribution in [0.25, 0.3) is 10.9 Å². The Labute approximate surface area is 250 Å². The second-order valence-electron chi connectivity index (χ2n) is 12.8. The Bertz CT molecular complexity index is 1550. The van der Waals surface area contributed by atoms with Crippen LogP contribution >= 0.6 is 0 Å². The minimum absolute atomic E-state index is 0.135. The summed E-state index contributed by atoms with van der Waals surface area (Å²) in [6, 6.07) is 6.99. The van der Waals surface area contributed by atoms with E-state index in [0.717, 1.165) is 27.6 Å². The molecule has 43 heavy (non-hydrogen) atoms. The van der Waals surface area contributed by atoms with Crippen LogP contribution in [0.4, 0.5) is 19.4 Å². The number of hydrogen-bond acceptors (Lipinski definition) is 8. The molecule has 0 radical (unpaired) electrons. The molecule has 1 unspecified atom stereocenters. The third kappa shape index (κ3) is 5.91. The van der Waals surface area contributed by atoms with Crippen LogP contribution < -0.4 is 10.1 Å². The number of ether oxygens (including phenoxy) is 3. The van der Waals surface area contributed by atoms with Gasteiger partial charge in [-0.3, -0.25) is 9.47 Å². The van der Waals surface area contributed by atoms with Gasteiger partial charge in [-0.25, -0.2) is 23.4 Å². The molecule has 1 aliphatic carbocycles. The van der Waals surface area contributed by atoms with Gasteiger partial charge in [0.05, 0.1) is 19.7 Å². The van der Waals surface area contributed by atoms with Crippen LogP contribution in [0, 0.1) is 12.3 Å². The Morgan fingerprint density at radius 3 is 2.49 bits per heavy atom. The first-order chi connectivity index (χ1) is 20.2. The molecule has 1 saturated heterocycles. The van der Waals surface area contributed by atoms with Crippen molar-refractivity contribution in [2.45, 2.75) is 77.5 Å². The molecule has 9 nitrogen and oxygen atoms in total.